The van der Waals surface area contributed by atoms with Crippen molar-refractivity contribution in [2.24, 2.45) is 0 Å². The average molecular weight is 251 g/mol. The molecule has 0 radical (unpaired) electrons. The molecule has 1 unspecified atom stereocenters. The second kappa shape index (κ2) is 7.85. The Morgan fingerprint density at radius 1 is 1.28 bits per heavy atom. The van der Waals surface area contributed by atoms with E-state index in [4.69, 9.17) is 4.74 Å². The van der Waals surface area contributed by atoms with Gasteiger partial charge in [-0.1, -0.05) is 32.6 Å². The summed E-state index contributed by atoms with van der Waals surface area (Å²) >= 11 is 0. The molecule has 1 aromatic carbocycles. The highest BCUT2D eigenvalue weighted by Crippen LogP contribution is 2.29. The number of benzene rings is 1. The molecule has 0 saturated heterocycles. The van der Waals surface area contributed by atoms with Crippen LogP contribution in [-0.2, 0) is 0 Å². The number of ether oxygens (including phenoxy) is 1. The molecule has 3 nitrogen and oxygen atoms in total. The molecule has 1 aromatic rings. The first-order chi connectivity index (χ1) is 8.67. The number of methoxy groups -OCH3 is 1. The second-order valence-corrected chi connectivity index (χ2v) is 4.78. The summed E-state index contributed by atoms with van der Waals surface area (Å²) in [5.74, 6) is 0.692. The van der Waals surface area contributed by atoms with E-state index in [9.17, 15) is 5.11 Å². The summed E-state index contributed by atoms with van der Waals surface area (Å²) in [6, 6.07) is 5.85. The SMILES string of the molecule is CCCCCCC(C)Nc1ccc(OC)c(O)c1. The number of hydrogen-bond acceptors (Lipinski definition) is 3. The van der Waals surface area contributed by atoms with Crippen molar-refractivity contribution in [2.75, 3.05) is 12.4 Å². The number of aromatic hydroxyl groups is 1. The maximum atomic E-state index is 9.69. The number of nitrogens with one attached hydrogen (secondary N) is 1. The van der Waals surface area contributed by atoms with Gasteiger partial charge in [0.25, 0.3) is 0 Å². The minimum atomic E-state index is 0.181. The third-order valence-electron chi connectivity index (χ3n) is 3.08. The molecule has 3 heteroatoms. The Balaban J connectivity index is 2.39. The fourth-order valence-corrected chi connectivity index (χ4v) is 2.01. The smallest absolute Gasteiger partial charge is 0.160 e. The van der Waals surface area contributed by atoms with Crippen LogP contribution in [0.25, 0.3) is 0 Å². The van der Waals surface area contributed by atoms with E-state index in [1.54, 1.807) is 19.2 Å². The van der Waals surface area contributed by atoms with Crippen LogP contribution in [-0.4, -0.2) is 18.3 Å². The lowest BCUT2D eigenvalue weighted by molar-refractivity contribution is 0.373. The maximum absolute atomic E-state index is 9.69. The third-order valence-corrected chi connectivity index (χ3v) is 3.08. The molecule has 0 aliphatic rings. The molecule has 0 spiro atoms. The largest absolute Gasteiger partial charge is 0.504 e. The monoisotopic (exact) mass is 251 g/mol. The molecule has 0 fully saturated rings. The van der Waals surface area contributed by atoms with Gasteiger partial charge >= 0.3 is 0 Å². The molecule has 0 aliphatic heterocycles. The van der Waals surface area contributed by atoms with Crippen LogP contribution in [0.3, 0.4) is 0 Å². The van der Waals surface area contributed by atoms with Gasteiger partial charge in [0.15, 0.2) is 11.5 Å². The molecule has 0 aliphatic carbocycles. The van der Waals surface area contributed by atoms with Gasteiger partial charge in [-0.25, -0.2) is 0 Å². The van der Waals surface area contributed by atoms with Gasteiger partial charge in [-0.15, -0.1) is 0 Å². The van der Waals surface area contributed by atoms with E-state index in [0.717, 1.165) is 12.1 Å². The molecule has 2 N–H and O–H groups in total. The lowest BCUT2D eigenvalue weighted by Gasteiger charge is -2.16. The lowest BCUT2D eigenvalue weighted by Crippen LogP contribution is -2.14. The Labute approximate surface area is 110 Å². The zero-order valence-corrected chi connectivity index (χ0v) is 11.7. The first kappa shape index (κ1) is 14.7. The Bertz CT molecular complexity index is 352. The maximum Gasteiger partial charge on any atom is 0.160 e. The van der Waals surface area contributed by atoms with E-state index < -0.39 is 0 Å². The molecule has 0 bridgehead atoms. The van der Waals surface area contributed by atoms with Crippen molar-refractivity contribution in [1.29, 1.82) is 0 Å². The van der Waals surface area contributed by atoms with Gasteiger partial charge in [-0.05, 0) is 25.5 Å². The lowest BCUT2D eigenvalue weighted by atomic mass is 10.1. The Morgan fingerprint density at radius 3 is 2.67 bits per heavy atom. The number of hydrogen-bond donors (Lipinski definition) is 2. The van der Waals surface area contributed by atoms with Crippen molar-refractivity contribution in [3.63, 3.8) is 0 Å². The summed E-state index contributed by atoms with van der Waals surface area (Å²) in [5, 5.41) is 13.1. The fraction of sp³-hybridized carbons (Fsp3) is 0.600. The van der Waals surface area contributed by atoms with Gasteiger partial charge in [-0.3, -0.25) is 0 Å². The van der Waals surface area contributed by atoms with E-state index in [0.29, 0.717) is 11.8 Å². The Kier molecular flexibility index (Phi) is 6.40. The van der Waals surface area contributed by atoms with Crippen LogP contribution in [0.15, 0.2) is 18.2 Å². The average Bonchev–Trinajstić information content (AvgIpc) is 2.35. The van der Waals surface area contributed by atoms with E-state index in [1.807, 2.05) is 6.07 Å². The molecule has 1 rings (SSSR count). The van der Waals surface area contributed by atoms with E-state index in [-0.39, 0.29) is 5.75 Å². The standard InChI is InChI=1S/C15H25NO2/c1-4-5-6-7-8-12(2)16-13-9-10-15(18-3)14(17)11-13/h9-12,16-17H,4-8H2,1-3H3. The van der Waals surface area contributed by atoms with Crippen LogP contribution in [0.1, 0.15) is 46.0 Å². The third kappa shape index (κ3) is 4.86. The zero-order chi connectivity index (χ0) is 13.4. The number of unbranched alkanes of at least 4 members (excludes halogenated alkanes) is 3. The second-order valence-electron chi connectivity index (χ2n) is 4.78. The molecule has 0 aromatic heterocycles. The summed E-state index contributed by atoms with van der Waals surface area (Å²) in [7, 11) is 1.55. The molecule has 1 atom stereocenters. The molecule has 0 heterocycles. The summed E-state index contributed by atoms with van der Waals surface area (Å²) in [5.41, 5.74) is 0.941. The highest BCUT2D eigenvalue weighted by atomic mass is 16.5. The summed E-state index contributed by atoms with van der Waals surface area (Å²) in [4.78, 5) is 0. The van der Waals surface area contributed by atoms with Crippen LogP contribution >= 0.6 is 0 Å². The predicted octanol–water partition coefficient (Wildman–Crippen LogP) is 4.17. The molecule has 0 amide bonds. The van der Waals surface area contributed by atoms with E-state index >= 15 is 0 Å². The van der Waals surface area contributed by atoms with Crippen LogP contribution in [0.5, 0.6) is 11.5 Å². The summed E-state index contributed by atoms with van der Waals surface area (Å²) < 4.78 is 5.02. The Morgan fingerprint density at radius 2 is 2.06 bits per heavy atom. The number of phenolic OH excluding ortho intramolecular Hbond substituents is 1. The van der Waals surface area contributed by atoms with Gasteiger partial charge in [0, 0.05) is 17.8 Å². The highest BCUT2D eigenvalue weighted by molar-refractivity contribution is 5.54. The van der Waals surface area contributed by atoms with Gasteiger partial charge in [0.1, 0.15) is 0 Å². The van der Waals surface area contributed by atoms with Gasteiger partial charge < -0.3 is 15.2 Å². The van der Waals surface area contributed by atoms with Crippen molar-refractivity contribution in [2.45, 2.75) is 52.0 Å². The molecular weight excluding hydrogens is 226 g/mol. The summed E-state index contributed by atoms with van der Waals surface area (Å²) in [6.45, 7) is 4.40. The minimum absolute atomic E-state index is 0.181. The Hall–Kier alpha value is -1.38. The number of rotatable bonds is 8. The van der Waals surface area contributed by atoms with Crippen molar-refractivity contribution >= 4 is 5.69 Å². The minimum Gasteiger partial charge on any atom is -0.504 e. The van der Waals surface area contributed by atoms with Crippen molar-refractivity contribution in [3.8, 4) is 11.5 Å². The predicted molar refractivity (Wildman–Crippen MR) is 76.5 cm³/mol. The van der Waals surface area contributed by atoms with E-state index in [2.05, 4.69) is 19.2 Å². The van der Waals surface area contributed by atoms with Crippen LogP contribution in [0.4, 0.5) is 5.69 Å². The highest BCUT2D eigenvalue weighted by Gasteiger charge is 2.05. The number of anilines is 1. The summed E-state index contributed by atoms with van der Waals surface area (Å²) in [6.07, 6.45) is 6.30. The molecule has 102 valence electrons. The van der Waals surface area contributed by atoms with Gasteiger partial charge in [0.05, 0.1) is 7.11 Å². The quantitative estimate of drug-likeness (QED) is 0.681. The molecule has 0 saturated carbocycles. The van der Waals surface area contributed by atoms with Crippen molar-refractivity contribution in [1.82, 2.24) is 0 Å². The van der Waals surface area contributed by atoms with Crippen molar-refractivity contribution in [3.05, 3.63) is 18.2 Å². The van der Waals surface area contributed by atoms with Crippen LogP contribution < -0.4 is 10.1 Å². The van der Waals surface area contributed by atoms with Crippen LogP contribution in [0.2, 0.25) is 0 Å². The topological polar surface area (TPSA) is 41.5 Å². The van der Waals surface area contributed by atoms with Crippen molar-refractivity contribution < 1.29 is 9.84 Å². The molecular formula is C15H25NO2. The van der Waals surface area contributed by atoms with Gasteiger partial charge in [-0.2, -0.15) is 0 Å². The number of phenols is 1. The normalized spacial score (nSPS) is 12.2. The fourth-order valence-electron chi connectivity index (χ4n) is 2.01. The molecule has 18 heavy (non-hydrogen) atoms. The van der Waals surface area contributed by atoms with Crippen LogP contribution in [0, 0.1) is 0 Å². The zero-order valence-electron chi connectivity index (χ0n) is 11.7. The van der Waals surface area contributed by atoms with E-state index in [1.165, 1.54) is 25.7 Å². The first-order valence-electron chi connectivity index (χ1n) is 6.81. The first-order valence-corrected chi connectivity index (χ1v) is 6.81. The van der Waals surface area contributed by atoms with Gasteiger partial charge in [0.2, 0.25) is 0 Å².